The van der Waals surface area contributed by atoms with Crippen molar-refractivity contribution in [3.05, 3.63) is 24.4 Å². The van der Waals surface area contributed by atoms with Gasteiger partial charge in [0.2, 0.25) is 11.8 Å². The molecule has 0 saturated carbocycles. The molecule has 14 heavy (non-hydrogen) atoms. The molecule has 0 amide bonds. The summed E-state index contributed by atoms with van der Waals surface area (Å²) in [5.41, 5.74) is 6.94. The molecule has 0 aliphatic heterocycles. The van der Waals surface area contributed by atoms with E-state index in [2.05, 4.69) is 10.1 Å². The Bertz CT molecular complexity index is 439. The SMILES string of the molecule is COc1cc(-c2cc(N)on2)ccn1. The standard InChI is InChI=1S/C9H9N3O2/c1-13-9-4-6(2-3-11-9)7-5-8(10)14-12-7/h2-5H,10H2,1H3. The van der Waals surface area contributed by atoms with Crippen LogP contribution in [-0.2, 0) is 0 Å². The Labute approximate surface area is 80.5 Å². The molecule has 2 aromatic rings. The molecule has 0 saturated heterocycles. The molecule has 0 unspecified atom stereocenters. The molecule has 5 nitrogen and oxygen atoms in total. The summed E-state index contributed by atoms with van der Waals surface area (Å²) in [5.74, 6) is 0.819. The van der Waals surface area contributed by atoms with Crippen LogP contribution < -0.4 is 10.5 Å². The number of hydrogen-bond acceptors (Lipinski definition) is 5. The van der Waals surface area contributed by atoms with Gasteiger partial charge in [0.25, 0.3) is 0 Å². The van der Waals surface area contributed by atoms with Gasteiger partial charge in [-0.25, -0.2) is 4.98 Å². The lowest BCUT2D eigenvalue weighted by atomic mass is 10.2. The number of ether oxygens (including phenoxy) is 1. The Kier molecular flexibility index (Phi) is 2.06. The normalized spacial score (nSPS) is 10.1. The van der Waals surface area contributed by atoms with E-state index in [1.165, 1.54) is 0 Å². The minimum atomic E-state index is 0.288. The molecule has 2 heterocycles. The molecule has 0 atom stereocenters. The Morgan fingerprint density at radius 3 is 2.93 bits per heavy atom. The van der Waals surface area contributed by atoms with Gasteiger partial charge < -0.3 is 15.0 Å². The van der Waals surface area contributed by atoms with E-state index in [9.17, 15) is 0 Å². The average molecular weight is 191 g/mol. The quantitative estimate of drug-likeness (QED) is 0.775. The number of nitrogen functional groups attached to an aromatic ring is 1. The lowest BCUT2D eigenvalue weighted by molar-refractivity contribution is 0.398. The van der Waals surface area contributed by atoms with E-state index in [1.54, 1.807) is 31.5 Å². The highest BCUT2D eigenvalue weighted by molar-refractivity contribution is 5.61. The molecule has 72 valence electrons. The Morgan fingerprint density at radius 1 is 1.43 bits per heavy atom. The second-order valence-corrected chi connectivity index (χ2v) is 2.70. The van der Waals surface area contributed by atoms with Crippen molar-refractivity contribution in [2.24, 2.45) is 0 Å². The number of aromatic nitrogens is 2. The van der Waals surface area contributed by atoms with Gasteiger partial charge in [-0.15, -0.1) is 0 Å². The lowest BCUT2D eigenvalue weighted by Gasteiger charge is -1.99. The first kappa shape index (κ1) is 8.55. The van der Waals surface area contributed by atoms with E-state index in [0.717, 1.165) is 5.56 Å². The Balaban J connectivity index is 2.41. The van der Waals surface area contributed by atoms with Crippen molar-refractivity contribution in [1.29, 1.82) is 0 Å². The number of nitrogens with zero attached hydrogens (tertiary/aromatic N) is 2. The molecular formula is C9H9N3O2. The van der Waals surface area contributed by atoms with Gasteiger partial charge in [-0.3, -0.25) is 0 Å². The zero-order chi connectivity index (χ0) is 9.97. The highest BCUT2D eigenvalue weighted by Gasteiger charge is 2.05. The Hall–Kier alpha value is -2.04. The fourth-order valence-corrected chi connectivity index (χ4v) is 1.11. The average Bonchev–Trinajstić information content (AvgIpc) is 2.65. The van der Waals surface area contributed by atoms with Crippen molar-refractivity contribution in [3.63, 3.8) is 0 Å². The van der Waals surface area contributed by atoms with Crippen molar-refractivity contribution in [2.45, 2.75) is 0 Å². The highest BCUT2D eigenvalue weighted by atomic mass is 16.5. The van der Waals surface area contributed by atoms with Crippen LogP contribution in [0.1, 0.15) is 0 Å². The molecule has 2 N–H and O–H groups in total. The molecule has 0 fully saturated rings. The number of methoxy groups -OCH3 is 1. The molecule has 0 bridgehead atoms. The van der Waals surface area contributed by atoms with Crippen molar-refractivity contribution in [3.8, 4) is 17.1 Å². The second-order valence-electron chi connectivity index (χ2n) is 2.70. The predicted octanol–water partition coefficient (Wildman–Crippen LogP) is 1.33. The van der Waals surface area contributed by atoms with Gasteiger partial charge in [0, 0.05) is 23.9 Å². The third-order valence-corrected chi connectivity index (χ3v) is 1.77. The van der Waals surface area contributed by atoms with Crippen LogP contribution in [0, 0.1) is 0 Å². The monoisotopic (exact) mass is 191 g/mol. The van der Waals surface area contributed by atoms with Gasteiger partial charge in [0.05, 0.1) is 7.11 Å². The van der Waals surface area contributed by atoms with Crippen LogP contribution in [-0.4, -0.2) is 17.3 Å². The summed E-state index contributed by atoms with van der Waals surface area (Å²) < 4.78 is 9.74. The summed E-state index contributed by atoms with van der Waals surface area (Å²) in [4.78, 5) is 3.98. The summed E-state index contributed by atoms with van der Waals surface area (Å²) in [7, 11) is 1.56. The summed E-state index contributed by atoms with van der Waals surface area (Å²) in [5, 5.41) is 3.78. The minimum absolute atomic E-state index is 0.288. The van der Waals surface area contributed by atoms with Crippen molar-refractivity contribution < 1.29 is 9.26 Å². The number of pyridine rings is 1. The first-order chi connectivity index (χ1) is 6.79. The third-order valence-electron chi connectivity index (χ3n) is 1.77. The maximum atomic E-state index is 5.41. The molecule has 0 aliphatic carbocycles. The summed E-state index contributed by atoms with van der Waals surface area (Å²) in [6, 6.07) is 5.21. The third kappa shape index (κ3) is 1.52. The molecule has 0 spiro atoms. The van der Waals surface area contributed by atoms with Gasteiger partial charge in [-0.05, 0) is 6.07 Å². The maximum Gasteiger partial charge on any atom is 0.222 e. The number of nitrogens with two attached hydrogens (primary N) is 1. The molecule has 2 aromatic heterocycles. The molecule has 0 aliphatic rings. The van der Waals surface area contributed by atoms with Crippen LogP contribution in [0.5, 0.6) is 5.88 Å². The number of anilines is 1. The molecule has 0 radical (unpaired) electrons. The van der Waals surface area contributed by atoms with E-state index >= 15 is 0 Å². The van der Waals surface area contributed by atoms with Crippen LogP contribution in [0.2, 0.25) is 0 Å². The smallest absolute Gasteiger partial charge is 0.222 e. The van der Waals surface area contributed by atoms with Crippen LogP contribution in [0.3, 0.4) is 0 Å². The maximum absolute atomic E-state index is 5.41. The second kappa shape index (κ2) is 3.37. The van der Waals surface area contributed by atoms with Crippen LogP contribution >= 0.6 is 0 Å². The van der Waals surface area contributed by atoms with Gasteiger partial charge in [0.15, 0.2) is 0 Å². The van der Waals surface area contributed by atoms with E-state index < -0.39 is 0 Å². The predicted molar refractivity (Wildman–Crippen MR) is 50.7 cm³/mol. The molecular weight excluding hydrogens is 182 g/mol. The zero-order valence-corrected chi connectivity index (χ0v) is 7.60. The van der Waals surface area contributed by atoms with Crippen molar-refractivity contribution in [2.75, 3.05) is 12.8 Å². The number of rotatable bonds is 2. The van der Waals surface area contributed by atoms with Gasteiger partial charge >= 0.3 is 0 Å². The molecule has 5 heteroatoms. The van der Waals surface area contributed by atoms with Gasteiger partial charge in [-0.1, -0.05) is 5.16 Å². The first-order valence-electron chi connectivity index (χ1n) is 4.02. The minimum Gasteiger partial charge on any atom is -0.481 e. The molecule has 0 aromatic carbocycles. The fraction of sp³-hybridized carbons (Fsp3) is 0.111. The van der Waals surface area contributed by atoms with E-state index in [4.69, 9.17) is 15.0 Å². The first-order valence-corrected chi connectivity index (χ1v) is 4.02. The van der Waals surface area contributed by atoms with E-state index in [-0.39, 0.29) is 5.88 Å². The van der Waals surface area contributed by atoms with Gasteiger partial charge in [0.1, 0.15) is 5.69 Å². The number of hydrogen-bond donors (Lipinski definition) is 1. The Morgan fingerprint density at radius 2 is 2.29 bits per heavy atom. The summed E-state index contributed by atoms with van der Waals surface area (Å²) >= 11 is 0. The zero-order valence-electron chi connectivity index (χ0n) is 7.60. The van der Waals surface area contributed by atoms with Crippen molar-refractivity contribution >= 4 is 5.88 Å². The fourth-order valence-electron chi connectivity index (χ4n) is 1.11. The van der Waals surface area contributed by atoms with Crippen LogP contribution in [0.4, 0.5) is 5.88 Å². The van der Waals surface area contributed by atoms with E-state index in [0.29, 0.717) is 11.6 Å². The van der Waals surface area contributed by atoms with Crippen LogP contribution in [0.15, 0.2) is 28.9 Å². The lowest BCUT2D eigenvalue weighted by Crippen LogP contribution is -1.87. The highest BCUT2D eigenvalue weighted by Crippen LogP contribution is 2.22. The molecule has 2 rings (SSSR count). The largest absolute Gasteiger partial charge is 0.481 e. The summed E-state index contributed by atoms with van der Waals surface area (Å²) in [6.45, 7) is 0. The van der Waals surface area contributed by atoms with Gasteiger partial charge in [-0.2, -0.15) is 0 Å². The van der Waals surface area contributed by atoms with Crippen molar-refractivity contribution in [1.82, 2.24) is 10.1 Å². The topological polar surface area (TPSA) is 74.2 Å². The summed E-state index contributed by atoms with van der Waals surface area (Å²) in [6.07, 6.45) is 1.64. The van der Waals surface area contributed by atoms with Crippen LogP contribution in [0.25, 0.3) is 11.3 Å². The van der Waals surface area contributed by atoms with E-state index in [1.807, 2.05) is 0 Å².